The van der Waals surface area contributed by atoms with Crippen molar-refractivity contribution in [3.8, 4) is 5.75 Å². The Labute approximate surface area is 199 Å². The summed E-state index contributed by atoms with van der Waals surface area (Å²) in [7, 11) is -3.58. The molecule has 0 saturated heterocycles. The van der Waals surface area contributed by atoms with Gasteiger partial charge in [-0.15, -0.1) is 0 Å². The van der Waals surface area contributed by atoms with E-state index in [-0.39, 0.29) is 29.9 Å². The zero-order chi connectivity index (χ0) is 24.7. The predicted molar refractivity (Wildman–Crippen MR) is 133 cm³/mol. The van der Waals surface area contributed by atoms with Crippen LogP contribution in [0.5, 0.6) is 5.75 Å². The predicted octanol–water partition coefficient (Wildman–Crippen LogP) is 3.33. The van der Waals surface area contributed by atoms with Gasteiger partial charge in [0, 0.05) is 25.2 Å². The highest BCUT2D eigenvalue weighted by molar-refractivity contribution is 7.92. The zero-order valence-corrected chi connectivity index (χ0v) is 19.8. The summed E-state index contributed by atoms with van der Waals surface area (Å²) in [4.78, 5) is 11.3. The van der Waals surface area contributed by atoms with Gasteiger partial charge in [-0.05, 0) is 47.4 Å². The van der Waals surface area contributed by atoms with Gasteiger partial charge in [-0.2, -0.15) is 0 Å². The summed E-state index contributed by atoms with van der Waals surface area (Å²) in [5.74, 6) is -0.371. The first kappa shape index (κ1) is 25.2. The molecule has 2 atom stereocenters. The van der Waals surface area contributed by atoms with Gasteiger partial charge in [-0.1, -0.05) is 48.5 Å². The molecule has 0 heterocycles. The molecule has 0 aliphatic carbocycles. The lowest BCUT2D eigenvalue weighted by molar-refractivity contribution is -0.114. The number of nitrogens with one attached hydrogen (secondary N) is 3. The second-order valence-electron chi connectivity index (χ2n) is 8.12. The summed E-state index contributed by atoms with van der Waals surface area (Å²) in [6.45, 7) is 1.64. The molecule has 8 nitrogen and oxygen atoms in total. The summed E-state index contributed by atoms with van der Waals surface area (Å²) in [6, 6.07) is 21.6. The molecule has 0 aliphatic rings. The van der Waals surface area contributed by atoms with Crippen molar-refractivity contribution in [2.24, 2.45) is 0 Å². The van der Waals surface area contributed by atoms with Crippen LogP contribution in [-0.2, 0) is 21.2 Å². The molecule has 0 aromatic heterocycles. The first-order chi connectivity index (χ1) is 16.1. The van der Waals surface area contributed by atoms with Crippen LogP contribution in [0.1, 0.15) is 35.8 Å². The standard InChI is InChI=1S/C25H29N3O5S/c1-17(29)27-21-11-8-19(9-12-21)22(14-18-6-4-3-5-7-18)26-16-25(31)20-10-13-24(30)23(15-20)28-34(2,32)33/h3-13,15,22,25-26,28,30-31H,14,16H2,1-2H3,(H,27,29)/t22?,25-/m0/s1. The number of benzene rings is 3. The van der Waals surface area contributed by atoms with E-state index in [1.165, 1.54) is 19.1 Å². The molecular formula is C25H29N3O5S. The Kier molecular flexibility index (Phi) is 8.27. The lowest BCUT2D eigenvalue weighted by Crippen LogP contribution is -2.28. The van der Waals surface area contributed by atoms with Gasteiger partial charge < -0.3 is 20.8 Å². The molecule has 0 spiro atoms. The second kappa shape index (κ2) is 11.1. The number of amides is 1. The maximum atomic E-state index is 11.5. The number of aliphatic hydroxyl groups excluding tert-OH is 1. The van der Waals surface area contributed by atoms with Crippen LogP contribution in [-0.4, -0.2) is 37.3 Å². The molecular weight excluding hydrogens is 454 g/mol. The highest BCUT2D eigenvalue weighted by Crippen LogP contribution is 2.28. The number of anilines is 2. The van der Waals surface area contributed by atoms with E-state index < -0.39 is 16.1 Å². The largest absolute Gasteiger partial charge is 0.506 e. The van der Waals surface area contributed by atoms with Gasteiger partial charge in [0.15, 0.2) is 0 Å². The number of carbonyl (C=O) groups excluding carboxylic acids is 1. The molecule has 0 radical (unpaired) electrons. The summed E-state index contributed by atoms with van der Waals surface area (Å²) in [5.41, 5.74) is 3.26. The summed E-state index contributed by atoms with van der Waals surface area (Å²) >= 11 is 0. The molecule has 0 fully saturated rings. The molecule has 3 aromatic rings. The van der Waals surface area contributed by atoms with Crippen molar-refractivity contribution in [3.63, 3.8) is 0 Å². The van der Waals surface area contributed by atoms with E-state index in [0.29, 0.717) is 17.7 Å². The van der Waals surface area contributed by atoms with Gasteiger partial charge in [-0.3, -0.25) is 9.52 Å². The SMILES string of the molecule is CC(=O)Nc1ccc(C(Cc2ccccc2)NC[C@H](O)c2ccc(O)c(NS(C)(=O)=O)c2)cc1. The van der Waals surface area contributed by atoms with Crippen molar-refractivity contribution in [3.05, 3.63) is 89.5 Å². The van der Waals surface area contributed by atoms with Crippen LogP contribution in [0.4, 0.5) is 11.4 Å². The summed E-state index contributed by atoms with van der Waals surface area (Å²) < 4.78 is 25.3. The number of rotatable bonds is 10. The van der Waals surface area contributed by atoms with Gasteiger partial charge in [0.1, 0.15) is 5.75 Å². The van der Waals surface area contributed by atoms with E-state index >= 15 is 0 Å². The van der Waals surface area contributed by atoms with Crippen molar-refractivity contribution >= 4 is 27.3 Å². The number of sulfonamides is 1. The minimum absolute atomic E-state index is 0.00782. The fraction of sp³-hybridized carbons (Fsp3) is 0.240. The van der Waals surface area contributed by atoms with Gasteiger partial charge in [-0.25, -0.2) is 8.42 Å². The molecule has 0 bridgehead atoms. The van der Waals surface area contributed by atoms with Crippen LogP contribution >= 0.6 is 0 Å². The Bertz CT molecular complexity index is 1220. The zero-order valence-electron chi connectivity index (χ0n) is 19.0. The summed E-state index contributed by atoms with van der Waals surface area (Å²) in [6.07, 6.45) is 0.712. The molecule has 5 N–H and O–H groups in total. The van der Waals surface area contributed by atoms with E-state index in [0.717, 1.165) is 17.4 Å². The van der Waals surface area contributed by atoms with Gasteiger partial charge in [0.2, 0.25) is 15.9 Å². The maximum Gasteiger partial charge on any atom is 0.229 e. The van der Waals surface area contributed by atoms with E-state index in [9.17, 15) is 23.4 Å². The Morgan fingerprint density at radius 3 is 2.24 bits per heavy atom. The van der Waals surface area contributed by atoms with Crippen molar-refractivity contribution < 1.29 is 23.4 Å². The van der Waals surface area contributed by atoms with Crippen LogP contribution in [0.15, 0.2) is 72.8 Å². The fourth-order valence-electron chi connectivity index (χ4n) is 3.57. The van der Waals surface area contributed by atoms with Crippen LogP contribution in [0, 0.1) is 0 Å². The lowest BCUT2D eigenvalue weighted by Gasteiger charge is -2.22. The van der Waals surface area contributed by atoms with E-state index in [2.05, 4.69) is 15.4 Å². The second-order valence-corrected chi connectivity index (χ2v) is 9.87. The fourth-order valence-corrected chi connectivity index (χ4v) is 4.14. The summed E-state index contributed by atoms with van der Waals surface area (Å²) in [5, 5.41) is 26.8. The number of hydrogen-bond acceptors (Lipinski definition) is 6. The quantitative estimate of drug-likeness (QED) is 0.282. The van der Waals surface area contributed by atoms with Crippen LogP contribution in [0.25, 0.3) is 0 Å². The average molecular weight is 484 g/mol. The number of carbonyl (C=O) groups is 1. The van der Waals surface area contributed by atoms with Crippen LogP contribution in [0.3, 0.4) is 0 Å². The Morgan fingerprint density at radius 1 is 0.971 bits per heavy atom. The third-order valence-corrected chi connectivity index (χ3v) is 5.77. The topological polar surface area (TPSA) is 128 Å². The van der Waals surface area contributed by atoms with Crippen molar-refractivity contribution in [1.29, 1.82) is 0 Å². The highest BCUT2D eigenvalue weighted by Gasteiger charge is 2.17. The lowest BCUT2D eigenvalue weighted by atomic mass is 9.98. The Balaban J connectivity index is 1.77. The Morgan fingerprint density at radius 2 is 1.62 bits per heavy atom. The third-order valence-electron chi connectivity index (χ3n) is 5.17. The van der Waals surface area contributed by atoms with Gasteiger partial charge in [0.25, 0.3) is 0 Å². The Hall–Kier alpha value is -3.40. The van der Waals surface area contributed by atoms with Gasteiger partial charge in [0.05, 0.1) is 18.0 Å². The number of aromatic hydroxyl groups is 1. The van der Waals surface area contributed by atoms with Crippen molar-refractivity contribution in [1.82, 2.24) is 5.32 Å². The molecule has 9 heteroatoms. The van der Waals surface area contributed by atoms with Crippen LogP contribution in [0.2, 0.25) is 0 Å². The van der Waals surface area contributed by atoms with Crippen LogP contribution < -0.4 is 15.4 Å². The van der Waals surface area contributed by atoms with Gasteiger partial charge >= 0.3 is 0 Å². The van der Waals surface area contributed by atoms with Crippen molar-refractivity contribution in [2.75, 3.05) is 22.8 Å². The minimum atomic E-state index is -3.58. The van der Waals surface area contributed by atoms with E-state index in [1.54, 1.807) is 6.07 Å². The molecule has 1 unspecified atom stereocenters. The van der Waals surface area contributed by atoms with E-state index in [4.69, 9.17) is 0 Å². The minimum Gasteiger partial charge on any atom is -0.506 e. The maximum absolute atomic E-state index is 11.5. The highest BCUT2D eigenvalue weighted by atomic mass is 32.2. The number of phenols is 1. The van der Waals surface area contributed by atoms with Crippen molar-refractivity contribution in [2.45, 2.75) is 25.5 Å². The first-order valence-corrected chi connectivity index (χ1v) is 12.6. The molecule has 3 aromatic carbocycles. The molecule has 34 heavy (non-hydrogen) atoms. The molecule has 1 amide bonds. The average Bonchev–Trinajstić information content (AvgIpc) is 2.78. The first-order valence-electron chi connectivity index (χ1n) is 10.7. The molecule has 3 rings (SSSR count). The number of hydrogen-bond donors (Lipinski definition) is 5. The number of aliphatic hydroxyl groups is 1. The molecule has 180 valence electrons. The monoisotopic (exact) mass is 483 g/mol. The third kappa shape index (κ3) is 7.58. The number of phenolic OH excluding ortho intramolecular Hbond substituents is 1. The normalized spacial score (nSPS) is 13.1. The smallest absolute Gasteiger partial charge is 0.229 e. The van der Waals surface area contributed by atoms with E-state index in [1.807, 2.05) is 54.6 Å². The molecule has 0 saturated carbocycles. The molecule has 0 aliphatic heterocycles.